The van der Waals surface area contributed by atoms with Crippen molar-refractivity contribution in [2.24, 2.45) is 0 Å². The van der Waals surface area contributed by atoms with E-state index in [1.54, 1.807) is 14.0 Å². The lowest BCUT2D eigenvalue weighted by Crippen LogP contribution is -2.26. The number of ether oxygens (including phenoxy) is 3. The zero-order valence-corrected chi connectivity index (χ0v) is 19.3. The Labute approximate surface area is 195 Å². The quantitative estimate of drug-likeness (QED) is 0.399. The number of carboxylic acid groups (broad SMARTS) is 1. The highest BCUT2D eigenvalue weighted by Gasteiger charge is 2.17. The maximum atomic E-state index is 11.2. The molecule has 3 aromatic rings. The number of carboxylic acids is 1. The third-order valence-corrected chi connectivity index (χ3v) is 5.37. The van der Waals surface area contributed by atoms with Crippen LogP contribution in [0.4, 0.5) is 0 Å². The molecule has 0 fully saturated rings. The van der Waals surface area contributed by atoms with Crippen LogP contribution in [0.15, 0.2) is 78.9 Å². The molecule has 0 aliphatic carbocycles. The first-order valence-electron chi connectivity index (χ1n) is 11.0. The lowest BCUT2D eigenvalue weighted by atomic mass is 10.0. The van der Waals surface area contributed by atoms with Gasteiger partial charge in [0.15, 0.2) is 6.10 Å². The van der Waals surface area contributed by atoms with Crippen LogP contribution in [-0.2, 0) is 16.0 Å². The van der Waals surface area contributed by atoms with Gasteiger partial charge in [0.1, 0.15) is 18.1 Å². The molecule has 0 amide bonds. The first-order valence-corrected chi connectivity index (χ1v) is 11.0. The fourth-order valence-electron chi connectivity index (χ4n) is 3.46. The van der Waals surface area contributed by atoms with Gasteiger partial charge in [0, 0.05) is 13.0 Å². The standard InChI is InChI=1S/C28H30O5/c1-4-32-27(28(29)30)18-21-8-14-25(15-9-21)33-17-16-20(2)22-10-12-23(13-11-22)24-6-5-7-26(19-24)31-3/h5-16,19,27H,4,17-18H2,1-3H3,(H,29,30)/b20-16-. The minimum atomic E-state index is -0.950. The monoisotopic (exact) mass is 446 g/mol. The average molecular weight is 447 g/mol. The minimum Gasteiger partial charge on any atom is -0.497 e. The second-order valence-electron chi connectivity index (χ2n) is 7.64. The average Bonchev–Trinajstić information content (AvgIpc) is 2.84. The van der Waals surface area contributed by atoms with E-state index in [9.17, 15) is 9.90 Å². The third-order valence-electron chi connectivity index (χ3n) is 5.37. The van der Waals surface area contributed by atoms with E-state index in [4.69, 9.17) is 14.2 Å². The van der Waals surface area contributed by atoms with E-state index in [-0.39, 0.29) is 0 Å². The van der Waals surface area contributed by atoms with Gasteiger partial charge in [0.25, 0.3) is 0 Å². The van der Waals surface area contributed by atoms with Gasteiger partial charge in [-0.15, -0.1) is 0 Å². The molecule has 0 saturated carbocycles. The number of hydrogen-bond donors (Lipinski definition) is 1. The van der Waals surface area contributed by atoms with Gasteiger partial charge in [-0.3, -0.25) is 0 Å². The van der Waals surface area contributed by atoms with Crippen molar-refractivity contribution in [3.8, 4) is 22.6 Å². The molecule has 0 aliphatic rings. The SMILES string of the molecule is CCOC(Cc1ccc(OC/C=C(/C)c2ccc(-c3cccc(OC)c3)cc2)cc1)C(=O)O. The van der Waals surface area contributed by atoms with Gasteiger partial charge in [0.2, 0.25) is 0 Å². The molecule has 0 spiro atoms. The molecule has 0 bridgehead atoms. The second kappa shape index (κ2) is 11.9. The minimum absolute atomic E-state index is 0.328. The Kier molecular flexibility index (Phi) is 8.67. The zero-order chi connectivity index (χ0) is 23.6. The summed E-state index contributed by atoms with van der Waals surface area (Å²) < 4.78 is 16.4. The van der Waals surface area contributed by atoms with Crippen molar-refractivity contribution in [1.82, 2.24) is 0 Å². The molecule has 0 radical (unpaired) electrons. The third kappa shape index (κ3) is 6.96. The Morgan fingerprint density at radius 3 is 2.33 bits per heavy atom. The van der Waals surface area contributed by atoms with Crippen LogP contribution < -0.4 is 9.47 Å². The van der Waals surface area contributed by atoms with E-state index < -0.39 is 12.1 Å². The summed E-state index contributed by atoms with van der Waals surface area (Å²) in [6, 6.07) is 23.9. The number of rotatable bonds is 11. The first kappa shape index (κ1) is 24.1. The van der Waals surface area contributed by atoms with Crippen molar-refractivity contribution in [3.63, 3.8) is 0 Å². The highest BCUT2D eigenvalue weighted by Crippen LogP contribution is 2.25. The van der Waals surface area contributed by atoms with Gasteiger partial charge in [-0.05, 0) is 72.0 Å². The summed E-state index contributed by atoms with van der Waals surface area (Å²) in [5, 5.41) is 9.22. The topological polar surface area (TPSA) is 65.0 Å². The summed E-state index contributed by atoms with van der Waals surface area (Å²) >= 11 is 0. The highest BCUT2D eigenvalue weighted by molar-refractivity contribution is 5.73. The van der Waals surface area contributed by atoms with E-state index in [2.05, 4.69) is 37.3 Å². The van der Waals surface area contributed by atoms with Crippen molar-refractivity contribution >= 4 is 11.5 Å². The summed E-state index contributed by atoms with van der Waals surface area (Å²) in [5.74, 6) is 0.627. The number of benzene rings is 3. The van der Waals surface area contributed by atoms with Crippen molar-refractivity contribution < 1.29 is 24.1 Å². The normalized spacial score (nSPS) is 12.3. The molecule has 5 nitrogen and oxygen atoms in total. The van der Waals surface area contributed by atoms with E-state index in [0.29, 0.717) is 19.6 Å². The van der Waals surface area contributed by atoms with Crippen LogP contribution in [0, 0.1) is 0 Å². The van der Waals surface area contributed by atoms with Crippen LogP contribution in [-0.4, -0.2) is 37.5 Å². The van der Waals surface area contributed by atoms with E-state index in [1.807, 2.05) is 48.5 Å². The highest BCUT2D eigenvalue weighted by atomic mass is 16.5. The van der Waals surface area contributed by atoms with Gasteiger partial charge in [-0.25, -0.2) is 4.79 Å². The van der Waals surface area contributed by atoms with Crippen molar-refractivity contribution in [3.05, 3.63) is 90.0 Å². The van der Waals surface area contributed by atoms with Gasteiger partial charge in [0.05, 0.1) is 7.11 Å². The molecule has 0 heterocycles. The summed E-state index contributed by atoms with van der Waals surface area (Å²) in [5.41, 5.74) is 5.41. The molecule has 1 N–H and O–H groups in total. The molecule has 0 aromatic heterocycles. The summed E-state index contributed by atoms with van der Waals surface area (Å²) in [6.07, 6.45) is 1.54. The largest absolute Gasteiger partial charge is 0.497 e. The number of carbonyl (C=O) groups is 1. The van der Waals surface area contributed by atoms with Crippen molar-refractivity contribution in [2.75, 3.05) is 20.3 Å². The maximum Gasteiger partial charge on any atom is 0.333 e. The van der Waals surface area contributed by atoms with Crippen molar-refractivity contribution in [1.29, 1.82) is 0 Å². The Bertz CT molecular complexity index is 1070. The molecule has 3 aromatic carbocycles. The van der Waals surface area contributed by atoms with Crippen LogP contribution in [0.1, 0.15) is 25.0 Å². The van der Waals surface area contributed by atoms with E-state index in [0.717, 1.165) is 39.3 Å². The fourth-order valence-corrected chi connectivity index (χ4v) is 3.46. The van der Waals surface area contributed by atoms with Crippen LogP contribution in [0.25, 0.3) is 16.7 Å². The van der Waals surface area contributed by atoms with Crippen LogP contribution in [0.3, 0.4) is 0 Å². The molecular weight excluding hydrogens is 416 g/mol. The van der Waals surface area contributed by atoms with Gasteiger partial charge in [-0.1, -0.05) is 48.5 Å². The Balaban J connectivity index is 1.56. The zero-order valence-electron chi connectivity index (χ0n) is 19.3. The second-order valence-corrected chi connectivity index (χ2v) is 7.64. The molecule has 33 heavy (non-hydrogen) atoms. The molecule has 0 aliphatic heterocycles. The van der Waals surface area contributed by atoms with Crippen LogP contribution >= 0.6 is 0 Å². The molecule has 5 heteroatoms. The Morgan fingerprint density at radius 1 is 0.970 bits per heavy atom. The number of allylic oxidation sites excluding steroid dienone is 1. The molecule has 3 rings (SSSR count). The van der Waals surface area contributed by atoms with Gasteiger partial charge < -0.3 is 19.3 Å². The van der Waals surface area contributed by atoms with Crippen LogP contribution in [0.2, 0.25) is 0 Å². The molecule has 172 valence electrons. The lowest BCUT2D eigenvalue weighted by Gasteiger charge is -2.12. The van der Waals surface area contributed by atoms with E-state index >= 15 is 0 Å². The van der Waals surface area contributed by atoms with E-state index in [1.165, 1.54) is 0 Å². The van der Waals surface area contributed by atoms with Crippen molar-refractivity contribution in [2.45, 2.75) is 26.4 Å². The smallest absolute Gasteiger partial charge is 0.333 e. The Hall–Kier alpha value is -3.57. The fraction of sp³-hybridized carbons (Fsp3) is 0.250. The number of methoxy groups -OCH3 is 1. The lowest BCUT2D eigenvalue weighted by molar-refractivity contribution is -0.149. The van der Waals surface area contributed by atoms with Crippen LogP contribution in [0.5, 0.6) is 11.5 Å². The predicted molar refractivity (Wildman–Crippen MR) is 131 cm³/mol. The predicted octanol–water partition coefficient (Wildman–Crippen LogP) is 5.88. The molecule has 1 unspecified atom stereocenters. The molecule has 0 saturated heterocycles. The summed E-state index contributed by atoms with van der Waals surface area (Å²) in [7, 11) is 1.67. The number of aliphatic carboxylic acids is 1. The number of hydrogen-bond acceptors (Lipinski definition) is 4. The Morgan fingerprint density at radius 2 is 1.70 bits per heavy atom. The molecule has 1 atom stereocenters. The summed E-state index contributed by atoms with van der Waals surface area (Å²) in [4.78, 5) is 11.2. The molecular formula is C28H30O5. The van der Waals surface area contributed by atoms with Gasteiger partial charge >= 0.3 is 5.97 Å². The first-order chi connectivity index (χ1) is 16.0. The van der Waals surface area contributed by atoms with Gasteiger partial charge in [-0.2, -0.15) is 0 Å². The summed E-state index contributed by atoms with van der Waals surface area (Å²) in [6.45, 7) is 4.66. The maximum absolute atomic E-state index is 11.2.